The van der Waals surface area contributed by atoms with Gasteiger partial charge in [-0.25, -0.2) is 13.1 Å². The molecule has 0 bridgehead atoms. The molecule has 116 valence electrons. The van der Waals surface area contributed by atoms with Crippen LogP contribution in [0.25, 0.3) is 0 Å². The third-order valence-electron chi connectivity index (χ3n) is 3.40. The Morgan fingerprint density at radius 3 is 2.35 bits per heavy atom. The molecule has 2 N–H and O–H groups in total. The van der Waals surface area contributed by atoms with Gasteiger partial charge >= 0.3 is 0 Å². The Morgan fingerprint density at radius 2 is 1.85 bits per heavy atom. The molecule has 0 saturated carbocycles. The minimum Gasteiger partial charge on any atom is -0.465 e. The van der Waals surface area contributed by atoms with Crippen molar-refractivity contribution < 1.29 is 12.8 Å². The number of likely N-dealkylation sites (N-methyl/N-ethyl adjacent to an activating group) is 1. The predicted octanol–water partition coefficient (Wildman–Crippen LogP) is 0.844. The van der Waals surface area contributed by atoms with E-state index in [0.717, 1.165) is 0 Å². The van der Waals surface area contributed by atoms with Crippen LogP contribution in [0.4, 0.5) is 0 Å². The number of nitrogens with one attached hydrogen (secondary N) is 2. The molecule has 6 nitrogen and oxygen atoms in total. The Labute approximate surface area is 121 Å². The van der Waals surface area contributed by atoms with Crippen LogP contribution >= 0.6 is 0 Å². The van der Waals surface area contributed by atoms with Gasteiger partial charge in [-0.1, -0.05) is 0 Å². The lowest BCUT2D eigenvalue weighted by Crippen LogP contribution is -2.38. The molecule has 1 aromatic rings. The molecule has 1 rings (SSSR count). The monoisotopic (exact) mass is 303 g/mol. The predicted molar refractivity (Wildman–Crippen MR) is 79.3 cm³/mol. The molecule has 1 unspecified atom stereocenters. The van der Waals surface area contributed by atoms with E-state index in [1.54, 1.807) is 20.9 Å². The van der Waals surface area contributed by atoms with E-state index in [1.165, 1.54) is 0 Å². The van der Waals surface area contributed by atoms with Gasteiger partial charge in [0.05, 0.1) is 0 Å². The highest BCUT2D eigenvalue weighted by atomic mass is 32.2. The smallest absolute Gasteiger partial charge is 0.244 e. The molecule has 0 aliphatic heterocycles. The first-order chi connectivity index (χ1) is 9.20. The van der Waals surface area contributed by atoms with Crippen LogP contribution in [-0.4, -0.2) is 47.0 Å². The van der Waals surface area contributed by atoms with Crippen LogP contribution in [0.5, 0.6) is 0 Å². The largest absolute Gasteiger partial charge is 0.465 e. The molecular formula is C13H25N3O3S. The third kappa shape index (κ3) is 3.82. The second-order valence-electron chi connectivity index (χ2n) is 5.22. The molecular weight excluding hydrogens is 278 g/mol. The summed E-state index contributed by atoms with van der Waals surface area (Å²) in [4.78, 5) is 2.22. The van der Waals surface area contributed by atoms with Crippen molar-refractivity contribution in [3.63, 3.8) is 0 Å². The molecule has 20 heavy (non-hydrogen) atoms. The zero-order valence-corrected chi connectivity index (χ0v) is 13.9. The summed E-state index contributed by atoms with van der Waals surface area (Å²) < 4.78 is 33.1. The Hall–Kier alpha value is -0.890. The average molecular weight is 303 g/mol. The molecule has 0 spiro atoms. The third-order valence-corrected chi connectivity index (χ3v) is 5.02. The van der Waals surface area contributed by atoms with Crippen LogP contribution in [0, 0.1) is 13.8 Å². The summed E-state index contributed by atoms with van der Waals surface area (Å²) in [5, 5.41) is 2.97. The second kappa shape index (κ2) is 6.71. The normalized spacial score (nSPS) is 13.9. The SMILES string of the molecule is CNCc1c(C)oc(C)c1S(=O)(=O)NCC(C)N(C)C. The van der Waals surface area contributed by atoms with Crippen molar-refractivity contribution in [1.82, 2.24) is 14.9 Å². The van der Waals surface area contributed by atoms with Gasteiger partial charge in [-0.3, -0.25) is 0 Å². The van der Waals surface area contributed by atoms with E-state index >= 15 is 0 Å². The van der Waals surface area contributed by atoms with Crippen LogP contribution in [-0.2, 0) is 16.6 Å². The standard InChI is InChI=1S/C13H25N3O3S/c1-9(16(5)6)7-15-20(17,18)13-11(3)19-10(2)12(13)8-14-4/h9,14-15H,7-8H2,1-6H3. The van der Waals surface area contributed by atoms with Gasteiger partial charge in [0.2, 0.25) is 10.0 Å². The second-order valence-corrected chi connectivity index (χ2v) is 6.92. The molecule has 0 aliphatic rings. The Balaban J connectivity index is 3.03. The Kier molecular flexibility index (Phi) is 5.76. The van der Waals surface area contributed by atoms with E-state index in [4.69, 9.17) is 4.42 Å². The lowest BCUT2D eigenvalue weighted by molar-refractivity contribution is 0.314. The maximum Gasteiger partial charge on any atom is 0.244 e. The molecule has 7 heteroatoms. The summed E-state index contributed by atoms with van der Waals surface area (Å²) in [5.41, 5.74) is 0.690. The van der Waals surface area contributed by atoms with Crippen molar-refractivity contribution in [2.24, 2.45) is 0 Å². The van der Waals surface area contributed by atoms with Gasteiger partial charge in [-0.05, 0) is 41.9 Å². The van der Waals surface area contributed by atoms with Crippen LogP contribution in [0.3, 0.4) is 0 Å². The van der Waals surface area contributed by atoms with Crippen LogP contribution < -0.4 is 10.0 Å². The molecule has 0 radical (unpaired) electrons. The van der Waals surface area contributed by atoms with Crippen molar-refractivity contribution in [2.75, 3.05) is 27.7 Å². The molecule has 0 amide bonds. The van der Waals surface area contributed by atoms with E-state index < -0.39 is 10.0 Å². The van der Waals surface area contributed by atoms with Gasteiger partial charge in [0.25, 0.3) is 0 Å². The average Bonchev–Trinajstić information content (AvgIpc) is 2.62. The fourth-order valence-corrected chi connectivity index (χ4v) is 3.49. The molecule has 0 saturated heterocycles. The van der Waals surface area contributed by atoms with E-state index in [9.17, 15) is 8.42 Å². The quantitative estimate of drug-likeness (QED) is 0.781. The van der Waals surface area contributed by atoms with Gasteiger partial charge in [-0.2, -0.15) is 0 Å². The highest BCUT2D eigenvalue weighted by Gasteiger charge is 2.26. The minimum atomic E-state index is -3.56. The number of rotatable bonds is 7. The van der Waals surface area contributed by atoms with Crippen molar-refractivity contribution in [1.29, 1.82) is 0 Å². The van der Waals surface area contributed by atoms with Crippen LogP contribution in [0.2, 0.25) is 0 Å². The number of hydrogen-bond donors (Lipinski definition) is 2. The molecule has 0 aromatic carbocycles. The number of aryl methyl sites for hydroxylation is 2. The van der Waals surface area contributed by atoms with Crippen molar-refractivity contribution in [3.8, 4) is 0 Å². The summed E-state index contributed by atoms with van der Waals surface area (Å²) in [7, 11) is 2.05. The zero-order valence-electron chi connectivity index (χ0n) is 13.1. The molecule has 0 fully saturated rings. The Morgan fingerprint density at radius 1 is 1.25 bits per heavy atom. The van der Waals surface area contributed by atoms with E-state index in [1.807, 2.05) is 25.9 Å². The lowest BCUT2D eigenvalue weighted by atomic mass is 10.2. The molecule has 1 aromatic heterocycles. The van der Waals surface area contributed by atoms with Crippen molar-refractivity contribution >= 4 is 10.0 Å². The van der Waals surface area contributed by atoms with E-state index in [2.05, 4.69) is 10.0 Å². The molecule has 1 heterocycles. The van der Waals surface area contributed by atoms with Gasteiger partial charge in [0.1, 0.15) is 16.4 Å². The Bertz CT molecular complexity index is 549. The molecule has 0 aliphatic carbocycles. The lowest BCUT2D eigenvalue weighted by Gasteiger charge is -2.20. The minimum absolute atomic E-state index is 0.117. The topological polar surface area (TPSA) is 74.6 Å². The van der Waals surface area contributed by atoms with Crippen LogP contribution in [0.15, 0.2) is 9.31 Å². The summed E-state index contributed by atoms with van der Waals surface area (Å²) in [6.07, 6.45) is 0. The fourth-order valence-electron chi connectivity index (χ4n) is 1.93. The van der Waals surface area contributed by atoms with Gasteiger partial charge in [-0.15, -0.1) is 0 Å². The van der Waals surface area contributed by atoms with Gasteiger partial charge in [0, 0.05) is 24.7 Å². The highest BCUT2D eigenvalue weighted by Crippen LogP contribution is 2.26. The van der Waals surface area contributed by atoms with Gasteiger partial charge < -0.3 is 14.6 Å². The van der Waals surface area contributed by atoms with Crippen LogP contribution in [0.1, 0.15) is 24.0 Å². The molecule has 1 atom stereocenters. The maximum atomic E-state index is 12.5. The highest BCUT2D eigenvalue weighted by molar-refractivity contribution is 7.89. The van der Waals surface area contributed by atoms with Crippen molar-refractivity contribution in [3.05, 3.63) is 17.1 Å². The summed E-state index contributed by atoms with van der Waals surface area (Å²) in [6, 6.07) is 0.117. The van der Waals surface area contributed by atoms with E-state index in [-0.39, 0.29) is 10.9 Å². The van der Waals surface area contributed by atoms with Crippen molar-refractivity contribution in [2.45, 2.75) is 38.3 Å². The first kappa shape index (κ1) is 17.2. The summed E-state index contributed by atoms with van der Waals surface area (Å²) in [5.74, 6) is 1.07. The first-order valence-electron chi connectivity index (χ1n) is 6.60. The first-order valence-corrected chi connectivity index (χ1v) is 8.08. The van der Waals surface area contributed by atoms with Gasteiger partial charge in [0.15, 0.2) is 0 Å². The fraction of sp³-hybridized carbons (Fsp3) is 0.692. The summed E-state index contributed by atoms with van der Waals surface area (Å²) >= 11 is 0. The number of nitrogens with zero attached hydrogens (tertiary/aromatic N) is 1. The van der Waals surface area contributed by atoms with E-state index in [0.29, 0.717) is 30.2 Å². The zero-order chi connectivity index (χ0) is 15.5. The summed E-state index contributed by atoms with van der Waals surface area (Å²) in [6.45, 7) is 6.24. The maximum absolute atomic E-state index is 12.5. The number of furan rings is 1. The number of hydrogen-bond acceptors (Lipinski definition) is 5. The number of sulfonamides is 1.